The fraction of sp³-hybridized carbons (Fsp3) is 0.591. The van der Waals surface area contributed by atoms with Crippen LogP contribution in [-0.2, 0) is 19.9 Å². The van der Waals surface area contributed by atoms with Crippen LogP contribution >= 0.6 is 11.3 Å². The number of nitrogens with zero attached hydrogens (tertiary/aromatic N) is 2. The van der Waals surface area contributed by atoms with Crippen LogP contribution in [-0.4, -0.2) is 52.4 Å². The first-order valence-electron chi connectivity index (χ1n) is 11.0. The van der Waals surface area contributed by atoms with Gasteiger partial charge in [0.1, 0.15) is 12.8 Å². The van der Waals surface area contributed by atoms with E-state index in [-0.39, 0.29) is 17.9 Å². The number of amides is 1. The maximum absolute atomic E-state index is 13.4. The Morgan fingerprint density at radius 2 is 2.06 bits per heavy atom. The zero-order valence-electron chi connectivity index (χ0n) is 17.3. The summed E-state index contributed by atoms with van der Waals surface area (Å²) in [5, 5.41) is 17.4. The van der Waals surface area contributed by atoms with E-state index in [1.54, 1.807) is 6.07 Å². The highest BCUT2D eigenvalue weighted by atomic mass is 32.1. The van der Waals surface area contributed by atoms with Crippen LogP contribution in [0.1, 0.15) is 48.7 Å². The summed E-state index contributed by atoms with van der Waals surface area (Å²) in [6.07, 6.45) is 5.38. The monoisotopic (exact) mass is 446 g/mol. The van der Waals surface area contributed by atoms with Crippen LogP contribution in [0, 0.1) is 11.8 Å². The normalized spacial score (nSPS) is 30.9. The molecule has 1 aliphatic carbocycles. The number of fused-ring (bicyclic) bond motifs is 3. The number of piperidine rings is 3. The summed E-state index contributed by atoms with van der Waals surface area (Å²) in [5.41, 5.74) is 4.72. The second-order valence-corrected chi connectivity index (χ2v) is 10.2. The van der Waals surface area contributed by atoms with E-state index >= 15 is 0 Å². The van der Waals surface area contributed by atoms with Crippen molar-refractivity contribution in [3.05, 3.63) is 40.4 Å². The number of hydrogen-bond donors (Lipinski definition) is 2. The Morgan fingerprint density at radius 3 is 2.61 bits per heavy atom. The number of ether oxygens (including phenoxy) is 1. The van der Waals surface area contributed by atoms with Gasteiger partial charge in [0.15, 0.2) is 17.4 Å². The van der Waals surface area contributed by atoms with Gasteiger partial charge in [-0.3, -0.25) is 4.79 Å². The molecule has 5 heterocycles. The molecule has 0 aromatic carbocycles. The van der Waals surface area contributed by atoms with E-state index in [2.05, 4.69) is 5.16 Å². The van der Waals surface area contributed by atoms with Crippen LogP contribution in [0.25, 0.3) is 0 Å². The lowest BCUT2D eigenvalue weighted by Gasteiger charge is -2.54. The number of quaternary nitrogens is 1. The Bertz CT molecular complexity index is 935. The Kier molecular flexibility index (Phi) is 5.15. The van der Waals surface area contributed by atoms with Crippen molar-refractivity contribution in [2.75, 3.05) is 19.6 Å². The van der Waals surface area contributed by atoms with Crippen LogP contribution in [0.2, 0.25) is 0 Å². The molecule has 0 radical (unpaired) electrons. The summed E-state index contributed by atoms with van der Waals surface area (Å²) in [6, 6.07) is 4.70. The molecule has 2 bridgehead atoms. The smallest absolute Gasteiger partial charge is 0.344 e. The molecule has 2 unspecified atom stereocenters. The Labute approximate surface area is 184 Å². The minimum Gasteiger partial charge on any atom is -0.454 e. The number of thiophene rings is 1. The number of aliphatic hydroxyl groups is 1. The zero-order chi connectivity index (χ0) is 21.6. The Hall–Kier alpha value is -2.23. The van der Waals surface area contributed by atoms with Crippen LogP contribution in [0.4, 0.5) is 0 Å². The van der Waals surface area contributed by atoms with Gasteiger partial charge in [0, 0.05) is 35.6 Å². The number of esters is 1. The van der Waals surface area contributed by atoms with E-state index in [4.69, 9.17) is 15.0 Å². The van der Waals surface area contributed by atoms with E-state index in [1.165, 1.54) is 17.6 Å². The number of nitrogens with two attached hydrogens (primary N) is 1. The fourth-order valence-corrected chi connectivity index (χ4v) is 6.63. The summed E-state index contributed by atoms with van der Waals surface area (Å²) < 4.78 is 11.4. The van der Waals surface area contributed by atoms with E-state index in [0.29, 0.717) is 21.6 Å². The van der Waals surface area contributed by atoms with Gasteiger partial charge < -0.3 is 24.6 Å². The molecule has 4 aliphatic rings. The van der Waals surface area contributed by atoms with Crippen LogP contribution < -0.4 is 5.73 Å². The minimum absolute atomic E-state index is 0.114. The number of rotatable bonds is 7. The quantitative estimate of drug-likeness (QED) is 0.497. The Balaban J connectivity index is 1.40. The number of aromatic nitrogens is 1. The highest BCUT2D eigenvalue weighted by molar-refractivity contribution is 7.10. The van der Waals surface area contributed by atoms with Gasteiger partial charge in [-0.1, -0.05) is 17.6 Å². The van der Waals surface area contributed by atoms with Gasteiger partial charge >= 0.3 is 5.97 Å². The molecular formula is C22H28N3O5S+. The molecule has 0 spiro atoms. The largest absolute Gasteiger partial charge is 0.454 e. The highest BCUT2D eigenvalue weighted by Crippen LogP contribution is 2.47. The first kappa shape index (κ1) is 20.7. The number of carbonyl (C=O) groups excluding carboxylic acids is 2. The number of primary amides is 1. The number of carbonyl (C=O) groups is 2. The van der Waals surface area contributed by atoms with Crippen molar-refractivity contribution in [3.8, 4) is 0 Å². The first-order chi connectivity index (χ1) is 14.9. The van der Waals surface area contributed by atoms with E-state index < -0.39 is 23.5 Å². The second-order valence-electron chi connectivity index (χ2n) is 9.23. The van der Waals surface area contributed by atoms with E-state index in [0.717, 1.165) is 45.2 Å². The molecule has 2 aromatic heterocycles. The van der Waals surface area contributed by atoms with Crippen molar-refractivity contribution in [1.82, 2.24) is 5.16 Å². The maximum atomic E-state index is 13.4. The average Bonchev–Trinajstić information content (AvgIpc) is 3.41. The zero-order valence-corrected chi connectivity index (χ0v) is 18.1. The fourth-order valence-electron chi connectivity index (χ4n) is 5.74. The molecule has 4 fully saturated rings. The third-order valence-corrected chi connectivity index (χ3v) is 8.67. The molecule has 9 heteroatoms. The Morgan fingerprint density at radius 1 is 1.29 bits per heavy atom. The van der Waals surface area contributed by atoms with E-state index in [9.17, 15) is 14.7 Å². The lowest BCUT2D eigenvalue weighted by atomic mass is 9.72. The summed E-state index contributed by atoms with van der Waals surface area (Å²) >= 11 is 1.38. The summed E-state index contributed by atoms with van der Waals surface area (Å²) in [7, 11) is 0. The lowest BCUT2D eigenvalue weighted by Crippen LogP contribution is -2.67. The first-order valence-corrected chi connectivity index (χ1v) is 11.8. The van der Waals surface area contributed by atoms with Gasteiger partial charge in [0.25, 0.3) is 5.91 Å². The molecule has 31 heavy (non-hydrogen) atoms. The molecule has 1 amide bonds. The van der Waals surface area contributed by atoms with Gasteiger partial charge in [-0.15, -0.1) is 11.3 Å². The summed E-state index contributed by atoms with van der Waals surface area (Å²) in [5.74, 6) is -0.905. The second kappa shape index (κ2) is 7.72. The predicted molar refractivity (Wildman–Crippen MR) is 111 cm³/mol. The van der Waals surface area contributed by atoms with Crippen molar-refractivity contribution < 1.29 is 28.4 Å². The number of hydrogen-bond acceptors (Lipinski definition) is 7. The SMILES string of the molecule is NC(=O)C(c1ccon1)[N+]12CCC(CC1)[C@@H](OC(=O)C(O)(c1cccs1)C1CCC1)C2. The topological polar surface area (TPSA) is 116 Å². The van der Waals surface area contributed by atoms with Crippen molar-refractivity contribution >= 4 is 23.2 Å². The van der Waals surface area contributed by atoms with Gasteiger partial charge in [0.2, 0.25) is 6.04 Å². The van der Waals surface area contributed by atoms with Crippen molar-refractivity contribution in [2.24, 2.45) is 17.6 Å². The summed E-state index contributed by atoms with van der Waals surface area (Å²) in [6.45, 7) is 2.04. The van der Waals surface area contributed by atoms with Crippen LogP contribution in [0.5, 0.6) is 0 Å². The van der Waals surface area contributed by atoms with Crippen molar-refractivity contribution in [2.45, 2.75) is 49.9 Å². The molecule has 3 aliphatic heterocycles. The van der Waals surface area contributed by atoms with Crippen molar-refractivity contribution in [1.29, 1.82) is 0 Å². The van der Waals surface area contributed by atoms with Gasteiger partial charge in [-0.25, -0.2) is 4.79 Å². The summed E-state index contributed by atoms with van der Waals surface area (Å²) in [4.78, 5) is 26.5. The third-order valence-electron chi connectivity index (χ3n) is 7.68. The molecule has 6 rings (SSSR count). The predicted octanol–water partition coefficient (Wildman–Crippen LogP) is 2.10. The van der Waals surface area contributed by atoms with Crippen molar-refractivity contribution in [3.63, 3.8) is 0 Å². The lowest BCUT2D eigenvalue weighted by molar-refractivity contribution is -0.965. The van der Waals surface area contributed by atoms with E-state index in [1.807, 2.05) is 17.5 Å². The molecule has 166 valence electrons. The highest BCUT2D eigenvalue weighted by Gasteiger charge is 2.57. The molecule has 3 atom stereocenters. The maximum Gasteiger partial charge on any atom is 0.344 e. The van der Waals surface area contributed by atoms with Gasteiger partial charge in [-0.2, -0.15) is 0 Å². The van der Waals surface area contributed by atoms with Crippen LogP contribution in [0.15, 0.2) is 34.4 Å². The minimum atomic E-state index is -1.60. The van der Waals surface area contributed by atoms with Crippen LogP contribution in [0.3, 0.4) is 0 Å². The average molecular weight is 447 g/mol. The molecule has 1 saturated carbocycles. The molecule has 3 saturated heterocycles. The molecule has 8 nitrogen and oxygen atoms in total. The molecular weight excluding hydrogens is 418 g/mol. The molecule has 2 aromatic rings. The third kappa shape index (κ3) is 3.30. The molecule has 3 N–H and O–H groups in total. The van der Waals surface area contributed by atoms with Gasteiger partial charge in [-0.05, 0) is 24.3 Å². The standard InChI is InChI=1S/C22H27N3O5S/c23-20(26)19(16-8-11-29-24-16)25-9-6-14(7-10-25)17(13-25)30-21(27)22(28,15-3-1-4-15)18-5-2-12-31-18/h2,5,8,11-12,14-15,17,19,28H,1,3-4,6-7,9-10,13H2,(H-,23,26)/p+1/t14?,17-,19?,22?,25?/m0/s1. The van der Waals surface area contributed by atoms with Gasteiger partial charge in [0.05, 0.1) is 13.1 Å².